The van der Waals surface area contributed by atoms with Gasteiger partial charge in [-0.2, -0.15) is 5.10 Å². The zero-order chi connectivity index (χ0) is 14.4. The van der Waals surface area contributed by atoms with Crippen LogP contribution in [0.5, 0.6) is 0 Å². The van der Waals surface area contributed by atoms with Crippen LogP contribution in [0.4, 0.5) is 11.9 Å². The molecule has 0 saturated carbocycles. The summed E-state index contributed by atoms with van der Waals surface area (Å²) in [5.41, 5.74) is 0. The molecule has 0 unspecified atom stereocenters. The monoisotopic (exact) mass is 295 g/mol. The highest BCUT2D eigenvalue weighted by Gasteiger charge is 2.16. The van der Waals surface area contributed by atoms with E-state index in [1.54, 1.807) is 0 Å². The molecule has 0 fully saturated rings. The van der Waals surface area contributed by atoms with Crippen LogP contribution in [0, 0.1) is 0 Å². The summed E-state index contributed by atoms with van der Waals surface area (Å²) < 4.78 is 26.2. The van der Waals surface area contributed by atoms with Gasteiger partial charge in [-0.3, -0.25) is 0 Å². The molecule has 0 aliphatic rings. The van der Waals surface area contributed by atoms with E-state index in [2.05, 4.69) is 35.2 Å². The first kappa shape index (κ1) is 14.1. The smallest absolute Gasteiger partial charge is 0.267 e. The van der Waals surface area contributed by atoms with Gasteiger partial charge in [-0.1, -0.05) is 6.92 Å². The summed E-state index contributed by atoms with van der Waals surface area (Å²) in [7, 11) is -3.82. The van der Waals surface area contributed by atoms with E-state index in [1.165, 1.54) is 24.8 Å². The van der Waals surface area contributed by atoms with Gasteiger partial charge in [-0.05, 0) is 6.42 Å². The third-order valence-electron chi connectivity index (χ3n) is 2.18. The highest BCUT2D eigenvalue weighted by Crippen LogP contribution is 2.11. The molecular formula is C10H13N7O2S. The molecule has 2 rings (SSSR count). The van der Waals surface area contributed by atoms with E-state index in [9.17, 15) is 8.42 Å². The molecule has 0 amide bonds. The summed E-state index contributed by atoms with van der Waals surface area (Å²) in [6.45, 7) is 2.72. The molecule has 106 valence electrons. The fourth-order valence-corrected chi connectivity index (χ4v) is 2.09. The van der Waals surface area contributed by atoms with Gasteiger partial charge < -0.3 is 5.32 Å². The molecule has 2 aromatic heterocycles. The Labute approximate surface area is 116 Å². The normalized spacial score (nSPS) is 11.1. The van der Waals surface area contributed by atoms with E-state index in [-0.39, 0.29) is 10.8 Å². The van der Waals surface area contributed by atoms with Crippen LogP contribution in [0.2, 0.25) is 0 Å². The van der Waals surface area contributed by atoms with E-state index in [4.69, 9.17) is 0 Å². The first-order chi connectivity index (χ1) is 9.62. The van der Waals surface area contributed by atoms with Gasteiger partial charge >= 0.3 is 0 Å². The lowest BCUT2D eigenvalue weighted by molar-refractivity contribution is 0.599. The van der Waals surface area contributed by atoms with Gasteiger partial charge in [0.1, 0.15) is 4.90 Å². The van der Waals surface area contributed by atoms with Crippen LogP contribution in [0.15, 0.2) is 29.7 Å². The fraction of sp³-hybridized carbons (Fsp3) is 0.300. The lowest BCUT2D eigenvalue weighted by Crippen LogP contribution is -2.16. The quantitative estimate of drug-likeness (QED) is 0.779. The first-order valence-corrected chi connectivity index (χ1v) is 7.32. The highest BCUT2D eigenvalue weighted by molar-refractivity contribution is 7.92. The number of hydrogen-bond donors (Lipinski definition) is 2. The minimum Gasteiger partial charge on any atom is -0.354 e. The van der Waals surface area contributed by atoms with Crippen molar-refractivity contribution in [2.45, 2.75) is 18.2 Å². The average molecular weight is 295 g/mol. The maximum atomic E-state index is 12.0. The molecule has 0 spiro atoms. The molecule has 2 heterocycles. The molecule has 20 heavy (non-hydrogen) atoms. The van der Waals surface area contributed by atoms with E-state index < -0.39 is 10.0 Å². The second-order valence-electron chi connectivity index (χ2n) is 3.74. The van der Waals surface area contributed by atoms with Gasteiger partial charge in [-0.25, -0.2) is 28.1 Å². The minimum atomic E-state index is -3.82. The van der Waals surface area contributed by atoms with Crippen LogP contribution in [0.3, 0.4) is 0 Å². The van der Waals surface area contributed by atoms with Crippen LogP contribution in [0.25, 0.3) is 0 Å². The predicted octanol–water partition coefficient (Wildman–Crippen LogP) is 0.284. The summed E-state index contributed by atoms with van der Waals surface area (Å²) in [6, 6.07) is 0. The fourth-order valence-electron chi connectivity index (χ4n) is 1.26. The number of nitrogens with zero attached hydrogens (tertiary/aromatic N) is 5. The summed E-state index contributed by atoms with van der Waals surface area (Å²) in [6.07, 6.45) is 6.02. The van der Waals surface area contributed by atoms with Gasteiger partial charge in [0.2, 0.25) is 5.95 Å². The van der Waals surface area contributed by atoms with Gasteiger partial charge in [-0.15, -0.1) is 5.10 Å². The maximum absolute atomic E-state index is 12.0. The van der Waals surface area contributed by atoms with Crippen molar-refractivity contribution >= 4 is 21.9 Å². The van der Waals surface area contributed by atoms with Crippen LogP contribution in [-0.2, 0) is 10.0 Å². The molecule has 2 N–H and O–H groups in total. The van der Waals surface area contributed by atoms with E-state index in [0.29, 0.717) is 12.5 Å². The molecule has 10 heteroatoms. The zero-order valence-electron chi connectivity index (χ0n) is 10.7. The van der Waals surface area contributed by atoms with E-state index >= 15 is 0 Å². The molecule has 0 aliphatic carbocycles. The molecule has 0 saturated heterocycles. The van der Waals surface area contributed by atoms with Crippen molar-refractivity contribution in [3.05, 3.63) is 24.8 Å². The van der Waals surface area contributed by atoms with Crippen molar-refractivity contribution in [1.29, 1.82) is 0 Å². The Kier molecular flexibility index (Phi) is 4.35. The standard InChI is InChI=1S/C10H13N7O2S/c1-2-3-11-9-13-6-8(7-14-9)20(18,19)17-10-12-4-5-15-16-10/h4-7H,2-3H2,1H3,(H,11,13,14)(H,12,16,17). The zero-order valence-corrected chi connectivity index (χ0v) is 11.5. The lowest BCUT2D eigenvalue weighted by atomic mass is 10.5. The van der Waals surface area contributed by atoms with Crippen molar-refractivity contribution in [3.63, 3.8) is 0 Å². The van der Waals surface area contributed by atoms with Crippen LogP contribution in [0.1, 0.15) is 13.3 Å². The third kappa shape index (κ3) is 3.57. The Morgan fingerprint density at radius 2 is 1.85 bits per heavy atom. The highest BCUT2D eigenvalue weighted by atomic mass is 32.2. The molecular weight excluding hydrogens is 282 g/mol. The van der Waals surface area contributed by atoms with Gasteiger partial charge in [0, 0.05) is 6.54 Å². The topological polar surface area (TPSA) is 123 Å². The van der Waals surface area contributed by atoms with Crippen LogP contribution < -0.4 is 10.0 Å². The molecule has 9 nitrogen and oxygen atoms in total. The molecule has 0 bridgehead atoms. The van der Waals surface area contributed by atoms with Crippen molar-refractivity contribution in [1.82, 2.24) is 25.1 Å². The van der Waals surface area contributed by atoms with Gasteiger partial charge in [0.05, 0.1) is 24.8 Å². The van der Waals surface area contributed by atoms with Crippen LogP contribution >= 0.6 is 0 Å². The third-order valence-corrected chi connectivity index (χ3v) is 3.46. The molecule has 2 aromatic rings. The van der Waals surface area contributed by atoms with Crippen molar-refractivity contribution in [2.24, 2.45) is 0 Å². The number of rotatable bonds is 6. The Hall–Kier alpha value is -2.36. The number of hydrogen-bond acceptors (Lipinski definition) is 8. The second kappa shape index (κ2) is 6.19. The lowest BCUT2D eigenvalue weighted by Gasteiger charge is -2.06. The van der Waals surface area contributed by atoms with E-state index in [0.717, 1.165) is 6.42 Å². The van der Waals surface area contributed by atoms with Crippen molar-refractivity contribution < 1.29 is 8.42 Å². The SMILES string of the molecule is CCCNc1ncc(S(=O)(=O)Nc2nccnn2)cn1. The molecule has 0 atom stereocenters. The van der Waals surface area contributed by atoms with Crippen molar-refractivity contribution in [3.8, 4) is 0 Å². The van der Waals surface area contributed by atoms with E-state index in [1.807, 2.05) is 6.92 Å². The maximum Gasteiger partial charge on any atom is 0.267 e. The summed E-state index contributed by atoms with van der Waals surface area (Å²) >= 11 is 0. The Morgan fingerprint density at radius 1 is 1.10 bits per heavy atom. The first-order valence-electron chi connectivity index (χ1n) is 5.84. The number of nitrogens with one attached hydrogen (secondary N) is 2. The Morgan fingerprint density at radius 3 is 2.45 bits per heavy atom. The molecule has 0 radical (unpaired) electrons. The second-order valence-corrected chi connectivity index (χ2v) is 5.42. The molecule has 0 aromatic carbocycles. The Bertz CT molecular complexity index is 645. The summed E-state index contributed by atoms with van der Waals surface area (Å²) in [5.74, 6) is 0.268. The van der Waals surface area contributed by atoms with Crippen LogP contribution in [-0.4, -0.2) is 40.1 Å². The number of anilines is 2. The van der Waals surface area contributed by atoms with Gasteiger partial charge in [0.25, 0.3) is 16.0 Å². The molecule has 0 aliphatic heterocycles. The predicted molar refractivity (Wildman–Crippen MR) is 71.4 cm³/mol. The number of aromatic nitrogens is 5. The average Bonchev–Trinajstić information content (AvgIpc) is 2.46. The number of sulfonamides is 1. The minimum absolute atomic E-state index is 0.0769. The summed E-state index contributed by atoms with van der Waals surface area (Å²) in [4.78, 5) is 11.5. The van der Waals surface area contributed by atoms with Gasteiger partial charge in [0.15, 0.2) is 0 Å². The summed E-state index contributed by atoms with van der Waals surface area (Å²) in [5, 5.41) is 10.0. The Balaban J connectivity index is 2.13. The van der Waals surface area contributed by atoms with Crippen molar-refractivity contribution in [2.75, 3.05) is 16.6 Å². The largest absolute Gasteiger partial charge is 0.354 e.